The zero-order valence-electron chi connectivity index (χ0n) is 10.7. The molecule has 0 spiro atoms. The molecule has 2 aromatic carbocycles. The first kappa shape index (κ1) is 13.6. The van der Waals surface area contributed by atoms with Gasteiger partial charge in [0.15, 0.2) is 0 Å². The van der Waals surface area contributed by atoms with E-state index in [1.165, 1.54) is 6.07 Å². The van der Waals surface area contributed by atoms with Crippen molar-refractivity contribution in [3.05, 3.63) is 70.8 Å². The Bertz CT molecular complexity index is 570. The third-order valence-corrected chi connectivity index (χ3v) is 3.08. The Morgan fingerprint density at radius 3 is 2.63 bits per heavy atom. The van der Waals surface area contributed by atoms with Crippen LogP contribution in [0.3, 0.4) is 0 Å². The molecule has 0 heterocycles. The minimum absolute atomic E-state index is 0.289. The summed E-state index contributed by atoms with van der Waals surface area (Å²) in [4.78, 5) is 0. The van der Waals surface area contributed by atoms with Crippen molar-refractivity contribution in [2.75, 3.05) is 7.05 Å². The molecule has 2 aromatic rings. The molecule has 0 aliphatic heterocycles. The maximum absolute atomic E-state index is 13.8. The number of hydrogen-bond acceptors (Lipinski definition) is 2. The predicted molar refractivity (Wildman–Crippen MR) is 71.6 cm³/mol. The van der Waals surface area contributed by atoms with E-state index in [2.05, 4.69) is 5.32 Å². The molecule has 0 saturated carbocycles. The third kappa shape index (κ3) is 2.97. The molecule has 100 valence electrons. The first-order valence-electron chi connectivity index (χ1n) is 6.07. The standard InChI is InChI=1S/C15H16F2N2/c1-19-15(11-4-2-3-10(7-11)9-18)13-8-12(16)5-6-14(13)17/h2-8,15,19H,9,18H2,1H3. The number of hydrogen-bond donors (Lipinski definition) is 2. The van der Waals surface area contributed by atoms with Gasteiger partial charge in [0.05, 0.1) is 6.04 Å². The van der Waals surface area contributed by atoms with Crippen LogP contribution in [0, 0.1) is 11.6 Å². The van der Waals surface area contributed by atoms with Crippen LogP contribution in [0.4, 0.5) is 8.78 Å². The monoisotopic (exact) mass is 262 g/mol. The van der Waals surface area contributed by atoms with Crippen LogP contribution in [0.1, 0.15) is 22.7 Å². The summed E-state index contributed by atoms with van der Waals surface area (Å²) in [5.74, 6) is -0.884. The lowest BCUT2D eigenvalue weighted by Crippen LogP contribution is -2.19. The van der Waals surface area contributed by atoms with Gasteiger partial charge in [0.2, 0.25) is 0 Å². The Kier molecular flexibility index (Phi) is 4.24. The molecule has 1 unspecified atom stereocenters. The summed E-state index contributed by atoms with van der Waals surface area (Å²) in [6, 6.07) is 10.6. The lowest BCUT2D eigenvalue weighted by atomic mass is 9.96. The van der Waals surface area contributed by atoms with Gasteiger partial charge < -0.3 is 11.1 Å². The molecule has 0 aliphatic carbocycles. The van der Waals surface area contributed by atoms with E-state index in [0.29, 0.717) is 6.54 Å². The Balaban J connectivity index is 2.46. The highest BCUT2D eigenvalue weighted by atomic mass is 19.1. The summed E-state index contributed by atoms with van der Waals surface area (Å²) in [5.41, 5.74) is 7.70. The van der Waals surface area contributed by atoms with Crippen LogP contribution >= 0.6 is 0 Å². The topological polar surface area (TPSA) is 38.0 Å². The van der Waals surface area contributed by atoms with Gasteiger partial charge in [0.25, 0.3) is 0 Å². The van der Waals surface area contributed by atoms with Crippen LogP contribution < -0.4 is 11.1 Å². The molecule has 4 heteroatoms. The van der Waals surface area contributed by atoms with Gasteiger partial charge in [-0.2, -0.15) is 0 Å². The van der Waals surface area contributed by atoms with Crippen LogP contribution in [-0.4, -0.2) is 7.05 Å². The fourth-order valence-corrected chi connectivity index (χ4v) is 2.14. The van der Waals surface area contributed by atoms with Crippen molar-refractivity contribution in [3.63, 3.8) is 0 Å². The van der Waals surface area contributed by atoms with E-state index in [0.717, 1.165) is 23.3 Å². The van der Waals surface area contributed by atoms with E-state index in [1.807, 2.05) is 24.3 Å². The lowest BCUT2D eigenvalue weighted by Gasteiger charge is -2.18. The highest BCUT2D eigenvalue weighted by Crippen LogP contribution is 2.25. The minimum Gasteiger partial charge on any atom is -0.326 e. The number of halogens is 2. The van der Waals surface area contributed by atoms with Crippen LogP contribution in [0.25, 0.3) is 0 Å². The van der Waals surface area contributed by atoms with Crippen molar-refractivity contribution in [1.29, 1.82) is 0 Å². The maximum Gasteiger partial charge on any atom is 0.128 e. The quantitative estimate of drug-likeness (QED) is 0.889. The molecule has 0 bridgehead atoms. The average Bonchev–Trinajstić information content (AvgIpc) is 2.44. The number of nitrogens with one attached hydrogen (secondary N) is 1. The second kappa shape index (κ2) is 5.91. The minimum atomic E-state index is -0.452. The lowest BCUT2D eigenvalue weighted by molar-refractivity contribution is 0.558. The van der Waals surface area contributed by atoms with Crippen molar-refractivity contribution in [2.24, 2.45) is 5.73 Å². The highest BCUT2D eigenvalue weighted by Gasteiger charge is 2.17. The molecular weight excluding hydrogens is 246 g/mol. The molecule has 0 radical (unpaired) electrons. The van der Waals surface area contributed by atoms with E-state index in [4.69, 9.17) is 5.73 Å². The zero-order valence-corrected chi connectivity index (χ0v) is 10.7. The van der Waals surface area contributed by atoms with Crippen LogP contribution in [0.15, 0.2) is 42.5 Å². The van der Waals surface area contributed by atoms with Gasteiger partial charge in [0, 0.05) is 12.1 Å². The molecule has 0 fully saturated rings. The molecule has 0 saturated heterocycles. The first-order chi connectivity index (χ1) is 9.15. The van der Waals surface area contributed by atoms with Gasteiger partial charge in [-0.25, -0.2) is 8.78 Å². The molecule has 0 amide bonds. The SMILES string of the molecule is CNC(c1cccc(CN)c1)c1cc(F)ccc1F. The number of benzene rings is 2. The van der Waals surface area contributed by atoms with Gasteiger partial charge in [-0.15, -0.1) is 0 Å². The summed E-state index contributed by atoms with van der Waals surface area (Å²) < 4.78 is 27.1. The highest BCUT2D eigenvalue weighted by molar-refractivity contribution is 5.35. The summed E-state index contributed by atoms with van der Waals surface area (Å²) >= 11 is 0. The van der Waals surface area contributed by atoms with Gasteiger partial charge >= 0.3 is 0 Å². The average molecular weight is 262 g/mol. The molecule has 19 heavy (non-hydrogen) atoms. The Labute approximate surface area is 111 Å². The van der Waals surface area contributed by atoms with E-state index in [1.54, 1.807) is 7.05 Å². The van der Waals surface area contributed by atoms with Crippen molar-refractivity contribution in [2.45, 2.75) is 12.6 Å². The number of nitrogens with two attached hydrogens (primary N) is 1. The molecule has 0 aliphatic rings. The summed E-state index contributed by atoms with van der Waals surface area (Å²) in [6.45, 7) is 0.413. The first-order valence-corrected chi connectivity index (χ1v) is 6.07. The Morgan fingerprint density at radius 1 is 1.16 bits per heavy atom. The number of rotatable bonds is 4. The molecule has 2 nitrogen and oxygen atoms in total. The van der Waals surface area contributed by atoms with Crippen molar-refractivity contribution in [3.8, 4) is 0 Å². The largest absolute Gasteiger partial charge is 0.326 e. The van der Waals surface area contributed by atoms with Crippen LogP contribution in [0.2, 0.25) is 0 Å². The van der Waals surface area contributed by atoms with Crippen LogP contribution in [0.5, 0.6) is 0 Å². The van der Waals surface area contributed by atoms with E-state index >= 15 is 0 Å². The van der Waals surface area contributed by atoms with Crippen molar-refractivity contribution < 1.29 is 8.78 Å². The maximum atomic E-state index is 13.8. The molecule has 2 rings (SSSR count). The Morgan fingerprint density at radius 2 is 1.95 bits per heavy atom. The fraction of sp³-hybridized carbons (Fsp3) is 0.200. The smallest absolute Gasteiger partial charge is 0.128 e. The molecule has 1 atom stereocenters. The molecule has 0 aromatic heterocycles. The second-order valence-electron chi connectivity index (χ2n) is 4.34. The fourth-order valence-electron chi connectivity index (χ4n) is 2.14. The second-order valence-corrected chi connectivity index (χ2v) is 4.34. The van der Waals surface area contributed by atoms with Gasteiger partial charge in [-0.05, 0) is 36.4 Å². The summed E-state index contributed by atoms with van der Waals surface area (Å²) in [5, 5.41) is 3.01. The third-order valence-electron chi connectivity index (χ3n) is 3.08. The van der Waals surface area contributed by atoms with E-state index in [9.17, 15) is 8.78 Å². The van der Waals surface area contributed by atoms with Gasteiger partial charge in [0.1, 0.15) is 11.6 Å². The molecular formula is C15H16F2N2. The van der Waals surface area contributed by atoms with E-state index < -0.39 is 17.7 Å². The Hall–Kier alpha value is -1.78. The van der Waals surface area contributed by atoms with Gasteiger partial charge in [-0.3, -0.25) is 0 Å². The van der Waals surface area contributed by atoms with Crippen molar-refractivity contribution >= 4 is 0 Å². The normalized spacial score (nSPS) is 12.4. The van der Waals surface area contributed by atoms with Gasteiger partial charge in [-0.1, -0.05) is 24.3 Å². The summed E-state index contributed by atoms with van der Waals surface area (Å²) in [6.07, 6.45) is 0. The predicted octanol–water partition coefficient (Wildman–Crippen LogP) is 2.73. The summed E-state index contributed by atoms with van der Waals surface area (Å²) in [7, 11) is 1.71. The van der Waals surface area contributed by atoms with E-state index in [-0.39, 0.29) is 5.56 Å². The molecule has 3 N–H and O–H groups in total. The van der Waals surface area contributed by atoms with Crippen molar-refractivity contribution in [1.82, 2.24) is 5.32 Å². The van der Waals surface area contributed by atoms with Crippen LogP contribution in [-0.2, 0) is 6.54 Å². The zero-order chi connectivity index (χ0) is 13.8.